The number of imidazole rings is 1. The zero-order chi connectivity index (χ0) is 12.4. The molecule has 0 saturated heterocycles. The van der Waals surface area contributed by atoms with Crippen molar-refractivity contribution in [1.29, 1.82) is 0 Å². The van der Waals surface area contributed by atoms with E-state index in [-0.39, 0.29) is 5.56 Å². The Kier molecular flexibility index (Phi) is 2.95. The number of rotatable bonds is 4. The Balaban J connectivity index is 2.10. The van der Waals surface area contributed by atoms with Gasteiger partial charge in [-0.1, -0.05) is 0 Å². The van der Waals surface area contributed by atoms with Gasteiger partial charge in [0.2, 0.25) is 0 Å². The van der Waals surface area contributed by atoms with Gasteiger partial charge in [-0.2, -0.15) is 5.10 Å². The second-order valence-electron chi connectivity index (χ2n) is 3.88. The van der Waals surface area contributed by atoms with Gasteiger partial charge in [-0.25, -0.2) is 9.78 Å². The monoisotopic (exact) mass is 234 g/mol. The van der Waals surface area contributed by atoms with Crippen molar-refractivity contribution in [1.82, 2.24) is 19.3 Å². The van der Waals surface area contributed by atoms with Crippen molar-refractivity contribution in [2.45, 2.75) is 19.9 Å². The van der Waals surface area contributed by atoms with Gasteiger partial charge in [-0.05, 0) is 6.92 Å². The average Bonchev–Trinajstić information content (AvgIpc) is 2.82. The van der Waals surface area contributed by atoms with Gasteiger partial charge in [0.25, 0.3) is 0 Å². The molecule has 1 N–H and O–H groups in total. The highest BCUT2D eigenvalue weighted by Crippen LogP contribution is 2.08. The first-order valence-corrected chi connectivity index (χ1v) is 5.31. The van der Waals surface area contributed by atoms with E-state index in [1.807, 2.05) is 17.8 Å². The summed E-state index contributed by atoms with van der Waals surface area (Å²) in [5.41, 5.74) is 0.927. The molecule has 2 aromatic rings. The minimum atomic E-state index is -0.939. The Morgan fingerprint density at radius 3 is 2.82 bits per heavy atom. The Morgan fingerprint density at radius 1 is 1.53 bits per heavy atom. The number of aromatic carboxylic acids is 1. The third-order valence-corrected chi connectivity index (χ3v) is 2.80. The van der Waals surface area contributed by atoms with Crippen LogP contribution in [-0.4, -0.2) is 30.4 Å². The molecule has 6 nitrogen and oxygen atoms in total. The molecular formula is C11H14N4O2. The molecule has 2 aromatic heterocycles. The van der Waals surface area contributed by atoms with Crippen molar-refractivity contribution >= 4 is 5.97 Å². The second-order valence-corrected chi connectivity index (χ2v) is 3.88. The van der Waals surface area contributed by atoms with Gasteiger partial charge in [-0.15, -0.1) is 0 Å². The molecule has 0 saturated carbocycles. The van der Waals surface area contributed by atoms with Gasteiger partial charge in [0, 0.05) is 38.1 Å². The fraction of sp³-hybridized carbons (Fsp3) is 0.364. The summed E-state index contributed by atoms with van der Waals surface area (Å²) in [5, 5.41) is 13.0. The molecule has 0 aromatic carbocycles. The number of aromatic nitrogens is 4. The molecule has 0 aliphatic heterocycles. The van der Waals surface area contributed by atoms with Crippen LogP contribution < -0.4 is 0 Å². The van der Waals surface area contributed by atoms with E-state index in [4.69, 9.17) is 5.11 Å². The molecule has 0 aliphatic carbocycles. The Morgan fingerprint density at radius 2 is 2.29 bits per heavy atom. The van der Waals surface area contributed by atoms with E-state index in [0.717, 1.165) is 12.2 Å². The van der Waals surface area contributed by atoms with Crippen LogP contribution in [0.2, 0.25) is 0 Å². The third kappa shape index (κ3) is 2.20. The number of nitrogens with zero attached hydrogens (tertiary/aromatic N) is 4. The number of carboxylic acid groups (broad SMARTS) is 1. The van der Waals surface area contributed by atoms with Crippen molar-refractivity contribution in [3.63, 3.8) is 0 Å². The van der Waals surface area contributed by atoms with Crippen molar-refractivity contribution in [2.24, 2.45) is 7.05 Å². The molecule has 0 atom stereocenters. The summed E-state index contributed by atoms with van der Waals surface area (Å²) < 4.78 is 3.63. The molecule has 90 valence electrons. The zero-order valence-corrected chi connectivity index (χ0v) is 9.79. The van der Waals surface area contributed by atoms with Crippen LogP contribution in [0.5, 0.6) is 0 Å². The smallest absolute Gasteiger partial charge is 0.339 e. The minimum absolute atomic E-state index is 0.254. The predicted molar refractivity (Wildman–Crippen MR) is 60.8 cm³/mol. The van der Waals surface area contributed by atoms with Crippen LogP contribution in [0.4, 0.5) is 0 Å². The molecule has 17 heavy (non-hydrogen) atoms. The van der Waals surface area contributed by atoms with E-state index in [9.17, 15) is 4.79 Å². The fourth-order valence-corrected chi connectivity index (χ4v) is 1.73. The lowest BCUT2D eigenvalue weighted by molar-refractivity contribution is 0.0696. The highest BCUT2D eigenvalue weighted by Gasteiger charge is 2.12. The normalized spacial score (nSPS) is 10.7. The van der Waals surface area contributed by atoms with Crippen LogP contribution in [0.15, 0.2) is 18.6 Å². The van der Waals surface area contributed by atoms with E-state index in [1.54, 1.807) is 17.8 Å². The largest absolute Gasteiger partial charge is 0.478 e. The molecule has 0 aliphatic rings. The maximum Gasteiger partial charge on any atom is 0.339 e. The Bertz CT molecular complexity index is 541. The molecular weight excluding hydrogens is 220 g/mol. The summed E-state index contributed by atoms with van der Waals surface area (Å²) >= 11 is 0. The topological polar surface area (TPSA) is 72.9 Å². The van der Waals surface area contributed by atoms with Gasteiger partial charge >= 0.3 is 5.97 Å². The molecule has 2 rings (SSSR count). The van der Waals surface area contributed by atoms with E-state index in [1.165, 1.54) is 6.20 Å². The van der Waals surface area contributed by atoms with Crippen LogP contribution in [0.1, 0.15) is 21.9 Å². The number of hydrogen-bond donors (Lipinski definition) is 1. The SMILES string of the molecule is Cc1c(C(=O)O)cnn1CCc1nccn1C. The molecule has 6 heteroatoms. The van der Waals surface area contributed by atoms with Crippen LogP contribution in [0.25, 0.3) is 0 Å². The summed E-state index contributed by atoms with van der Waals surface area (Å²) in [4.78, 5) is 15.1. The second kappa shape index (κ2) is 4.40. The molecule has 0 unspecified atom stereocenters. The molecule has 0 radical (unpaired) electrons. The number of hydrogen-bond acceptors (Lipinski definition) is 3. The first kappa shape index (κ1) is 11.4. The molecule has 0 bridgehead atoms. The zero-order valence-electron chi connectivity index (χ0n) is 9.79. The molecule has 0 fully saturated rings. The van der Waals surface area contributed by atoms with E-state index < -0.39 is 5.97 Å². The molecule has 2 heterocycles. The summed E-state index contributed by atoms with van der Waals surface area (Å²) in [6.45, 7) is 2.39. The lowest BCUT2D eigenvalue weighted by Gasteiger charge is -2.04. The van der Waals surface area contributed by atoms with Crippen LogP contribution in [-0.2, 0) is 20.0 Å². The first-order valence-electron chi connectivity index (χ1n) is 5.31. The number of aryl methyl sites for hydroxylation is 3. The Labute approximate surface area is 98.5 Å². The number of carbonyl (C=O) groups is 1. The van der Waals surface area contributed by atoms with Crippen LogP contribution in [0.3, 0.4) is 0 Å². The van der Waals surface area contributed by atoms with Crippen molar-refractivity contribution in [2.75, 3.05) is 0 Å². The third-order valence-electron chi connectivity index (χ3n) is 2.80. The van der Waals surface area contributed by atoms with Gasteiger partial charge in [0.05, 0.1) is 6.20 Å². The lowest BCUT2D eigenvalue weighted by atomic mass is 10.2. The maximum atomic E-state index is 10.9. The number of carboxylic acids is 1. The van der Waals surface area contributed by atoms with Crippen molar-refractivity contribution in [3.8, 4) is 0 Å². The fourth-order valence-electron chi connectivity index (χ4n) is 1.73. The highest BCUT2D eigenvalue weighted by atomic mass is 16.4. The van der Waals surface area contributed by atoms with Gasteiger partial charge in [0.1, 0.15) is 11.4 Å². The van der Waals surface area contributed by atoms with E-state index in [2.05, 4.69) is 10.1 Å². The van der Waals surface area contributed by atoms with Gasteiger partial charge < -0.3 is 9.67 Å². The predicted octanol–water partition coefficient (Wildman–Crippen LogP) is 0.866. The quantitative estimate of drug-likeness (QED) is 0.851. The van der Waals surface area contributed by atoms with Gasteiger partial charge in [-0.3, -0.25) is 4.68 Å². The van der Waals surface area contributed by atoms with E-state index >= 15 is 0 Å². The van der Waals surface area contributed by atoms with E-state index in [0.29, 0.717) is 12.2 Å². The molecule has 0 amide bonds. The van der Waals surface area contributed by atoms with Crippen molar-refractivity contribution in [3.05, 3.63) is 35.7 Å². The van der Waals surface area contributed by atoms with Crippen LogP contribution >= 0.6 is 0 Å². The summed E-state index contributed by atoms with van der Waals surface area (Å²) in [6, 6.07) is 0. The van der Waals surface area contributed by atoms with Gasteiger partial charge in [0.15, 0.2) is 0 Å². The van der Waals surface area contributed by atoms with Crippen molar-refractivity contribution < 1.29 is 9.90 Å². The van der Waals surface area contributed by atoms with Crippen LogP contribution in [0, 0.1) is 6.92 Å². The highest BCUT2D eigenvalue weighted by molar-refractivity contribution is 5.88. The Hall–Kier alpha value is -2.11. The first-order chi connectivity index (χ1) is 8.09. The molecule has 0 spiro atoms. The summed E-state index contributed by atoms with van der Waals surface area (Å²) in [7, 11) is 1.93. The lowest BCUT2D eigenvalue weighted by Crippen LogP contribution is -2.09. The summed E-state index contributed by atoms with van der Waals surface area (Å²) in [6.07, 6.45) is 5.74. The minimum Gasteiger partial charge on any atom is -0.478 e. The maximum absolute atomic E-state index is 10.9. The average molecular weight is 234 g/mol. The summed E-state index contributed by atoms with van der Waals surface area (Å²) in [5.74, 6) is 0.0162. The standard InChI is InChI=1S/C11H14N4O2/c1-8-9(11(16)17)7-13-15(8)5-3-10-12-4-6-14(10)2/h4,6-7H,3,5H2,1-2H3,(H,16,17).